The Balaban J connectivity index is 0.00000257. The van der Waals surface area contributed by atoms with Crippen molar-refractivity contribution in [3.05, 3.63) is 258 Å². The SMILES string of the molecule is CC.Cc1ccccc1-c1cccc(-c2cccc(-c3ccc(N(c4ccc(-c5ccccc5)cc4)c4ccc(-c5ccc6c(c5)C5CC5c5cc(-c7ccccc7)ccc5-6)cc4)cc3)c2C)c1C. The molecule has 12 rings (SSSR count). The molecule has 1 fully saturated rings. The van der Waals surface area contributed by atoms with Crippen LogP contribution >= 0.6 is 0 Å². The number of nitrogens with zero attached hydrogens (tertiary/aromatic N) is 1. The van der Waals surface area contributed by atoms with Crippen molar-refractivity contribution in [1.82, 2.24) is 0 Å². The van der Waals surface area contributed by atoms with Gasteiger partial charge in [0, 0.05) is 17.1 Å². The fraction of sp³-hybridized carbons (Fsp3) is 0.118. The van der Waals surface area contributed by atoms with Crippen LogP contribution in [0.3, 0.4) is 0 Å². The minimum Gasteiger partial charge on any atom is -0.311 e. The van der Waals surface area contributed by atoms with Crippen molar-refractivity contribution in [2.75, 3.05) is 4.90 Å². The molecule has 2 aliphatic carbocycles. The number of aryl methyl sites for hydroxylation is 1. The molecule has 0 saturated heterocycles. The Morgan fingerprint density at radius 2 is 0.638 bits per heavy atom. The quantitative estimate of drug-likeness (QED) is 0.140. The first-order valence-corrected chi connectivity index (χ1v) is 24.7. The lowest BCUT2D eigenvalue weighted by Gasteiger charge is -2.26. The zero-order valence-corrected chi connectivity index (χ0v) is 40.2. The first kappa shape index (κ1) is 43.6. The maximum absolute atomic E-state index is 2.47. The summed E-state index contributed by atoms with van der Waals surface area (Å²) in [6, 6.07) is 85.1. The second-order valence-corrected chi connectivity index (χ2v) is 18.5. The summed E-state index contributed by atoms with van der Waals surface area (Å²) in [4.78, 5) is 2.38. The van der Waals surface area contributed by atoms with E-state index in [1.165, 1.54) is 112 Å². The molecule has 0 aromatic heterocycles. The first-order valence-electron chi connectivity index (χ1n) is 24.7. The van der Waals surface area contributed by atoms with E-state index in [2.05, 4.69) is 256 Å². The lowest BCUT2D eigenvalue weighted by atomic mass is 9.83. The van der Waals surface area contributed by atoms with Gasteiger partial charge in [-0.1, -0.05) is 208 Å². The molecule has 1 heteroatoms. The highest BCUT2D eigenvalue weighted by Crippen LogP contribution is 2.63. The van der Waals surface area contributed by atoms with Crippen LogP contribution in [0.25, 0.3) is 77.9 Å². The Labute approximate surface area is 409 Å². The van der Waals surface area contributed by atoms with Crippen molar-refractivity contribution < 1.29 is 0 Å². The van der Waals surface area contributed by atoms with Crippen molar-refractivity contribution in [2.24, 2.45) is 0 Å². The van der Waals surface area contributed by atoms with Gasteiger partial charge in [-0.15, -0.1) is 0 Å². The molecule has 0 N–H and O–H groups in total. The van der Waals surface area contributed by atoms with Crippen LogP contribution in [0.2, 0.25) is 0 Å². The largest absolute Gasteiger partial charge is 0.311 e. The molecule has 334 valence electrons. The molecule has 1 saturated carbocycles. The zero-order chi connectivity index (χ0) is 47.0. The van der Waals surface area contributed by atoms with Gasteiger partial charge in [-0.25, -0.2) is 0 Å². The third kappa shape index (κ3) is 8.19. The number of hydrogen-bond acceptors (Lipinski definition) is 1. The minimum absolute atomic E-state index is 0.593. The van der Waals surface area contributed by atoms with Crippen LogP contribution in [0.5, 0.6) is 0 Å². The van der Waals surface area contributed by atoms with Crippen LogP contribution in [-0.4, -0.2) is 0 Å². The normalized spacial score (nSPS) is 14.1. The number of rotatable bonds is 9. The van der Waals surface area contributed by atoms with Crippen molar-refractivity contribution in [2.45, 2.75) is 52.9 Å². The third-order valence-electron chi connectivity index (χ3n) is 14.6. The summed E-state index contributed by atoms with van der Waals surface area (Å²) in [6.07, 6.45) is 1.23. The Bertz CT molecular complexity index is 3440. The Kier molecular flexibility index (Phi) is 11.7. The molecule has 0 spiro atoms. The molecule has 2 unspecified atom stereocenters. The summed E-state index contributed by atoms with van der Waals surface area (Å²) in [6.45, 7) is 10.7. The summed E-state index contributed by atoms with van der Waals surface area (Å²) in [5.74, 6) is 1.20. The van der Waals surface area contributed by atoms with E-state index in [-0.39, 0.29) is 0 Å². The van der Waals surface area contributed by atoms with E-state index < -0.39 is 0 Å². The van der Waals surface area contributed by atoms with Crippen LogP contribution < -0.4 is 4.90 Å². The molecule has 0 heterocycles. The average molecular weight is 888 g/mol. The lowest BCUT2D eigenvalue weighted by Crippen LogP contribution is -2.09. The number of benzene rings is 10. The summed E-state index contributed by atoms with van der Waals surface area (Å²) in [5.41, 5.74) is 28.1. The molecule has 0 amide bonds. The molecule has 0 radical (unpaired) electrons. The maximum atomic E-state index is 2.47. The van der Waals surface area contributed by atoms with Gasteiger partial charge in [-0.05, 0) is 181 Å². The molecule has 10 aromatic rings. The Hall–Kier alpha value is -8.00. The second kappa shape index (κ2) is 18.6. The third-order valence-corrected chi connectivity index (χ3v) is 14.6. The van der Waals surface area contributed by atoms with Gasteiger partial charge in [-0.3, -0.25) is 0 Å². The Morgan fingerprint density at radius 3 is 1.13 bits per heavy atom. The first-order chi connectivity index (χ1) is 34.0. The highest BCUT2D eigenvalue weighted by Gasteiger charge is 2.45. The van der Waals surface area contributed by atoms with Gasteiger partial charge in [0.05, 0.1) is 0 Å². The van der Waals surface area contributed by atoms with E-state index in [1.807, 2.05) is 13.8 Å². The zero-order valence-electron chi connectivity index (χ0n) is 40.2. The van der Waals surface area contributed by atoms with Crippen molar-refractivity contribution in [3.8, 4) is 77.9 Å². The summed E-state index contributed by atoms with van der Waals surface area (Å²) in [5, 5.41) is 0. The fourth-order valence-corrected chi connectivity index (χ4v) is 10.9. The smallest absolute Gasteiger partial charge is 0.0462 e. The molecule has 10 aromatic carbocycles. The minimum atomic E-state index is 0.593. The fourth-order valence-electron chi connectivity index (χ4n) is 10.9. The van der Waals surface area contributed by atoms with E-state index in [0.29, 0.717) is 11.8 Å². The molecule has 0 aliphatic heterocycles. The molecule has 2 aliphatic rings. The predicted molar refractivity (Wildman–Crippen MR) is 295 cm³/mol. The van der Waals surface area contributed by atoms with Gasteiger partial charge in [0.2, 0.25) is 0 Å². The maximum Gasteiger partial charge on any atom is 0.0462 e. The van der Waals surface area contributed by atoms with Gasteiger partial charge in [0.15, 0.2) is 0 Å². The molecular weight excluding hydrogens is 831 g/mol. The lowest BCUT2D eigenvalue weighted by molar-refractivity contribution is 1.01. The van der Waals surface area contributed by atoms with Crippen LogP contribution in [0, 0.1) is 20.8 Å². The molecule has 2 atom stereocenters. The van der Waals surface area contributed by atoms with Gasteiger partial charge >= 0.3 is 0 Å². The monoisotopic (exact) mass is 887 g/mol. The number of fused-ring (bicyclic) bond motifs is 6. The molecular formula is C68H57N. The molecule has 0 bridgehead atoms. The van der Waals surface area contributed by atoms with Gasteiger partial charge in [0.25, 0.3) is 0 Å². The summed E-state index contributed by atoms with van der Waals surface area (Å²) >= 11 is 0. The van der Waals surface area contributed by atoms with Gasteiger partial charge in [-0.2, -0.15) is 0 Å². The van der Waals surface area contributed by atoms with Crippen LogP contribution in [0.15, 0.2) is 231 Å². The molecule has 69 heavy (non-hydrogen) atoms. The standard InChI is InChI=1S/C66H51N.C2H6/c1-43-14-10-11-19-56(43)58-21-13-23-60(45(58)3)59-22-12-20-57(44(59)2)50-28-36-55(37-29-50)67(53-32-24-48(25-33-53)46-15-6-4-7-16-46)54-34-26-49(27-35-54)52-31-39-62-61-38-30-51(47-17-8-5-9-18-47)40-63(61)65-42-66(65)64(62)41-52;1-2/h4-41,65-66H,42H2,1-3H3;1-2H3. The van der Waals surface area contributed by atoms with Crippen molar-refractivity contribution >= 4 is 17.1 Å². The topological polar surface area (TPSA) is 3.24 Å². The van der Waals surface area contributed by atoms with Gasteiger partial charge in [0.1, 0.15) is 0 Å². The van der Waals surface area contributed by atoms with E-state index in [1.54, 1.807) is 0 Å². The predicted octanol–water partition coefficient (Wildman–Crippen LogP) is 19.4. The van der Waals surface area contributed by atoms with E-state index in [4.69, 9.17) is 0 Å². The highest BCUT2D eigenvalue weighted by atomic mass is 15.1. The van der Waals surface area contributed by atoms with Crippen LogP contribution in [0.1, 0.15) is 59.9 Å². The second-order valence-electron chi connectivity index (χ2n) is 18.5. The molecule has 1 nitrogen and oxygen atoms in total. The number of anilines is 3. The summed E-state index contributed by atoms with van der Waals surface area (Å²) < 4.78 is 0. The van der Waals surface area contributed by atoms with E-state index in [9.17, 15) is 0 Å². The number of hydrogen-bond donors (Lipinski definition) is 0. The van der Waals surface area contributed by atoms with E-state index >= 15 is 0 Å². The Morgan fingerprint density at radius 1 is 0.290 bits per heavy atom. The van der Waals surface area contributed by atoms with Crippen LogP contribution in [0.4, 0.5) is 17.1 Å². The van der Waals surface area contributed by atoms with Crippen LogP contribution in [-0.2, 0) is 0 Å². The van der Waals surface area contributed by atoms with Crippen molar-refractivity contribution in [3.63, 3.8) is 0 Å². The average Bonchev–Trinajstić information content (AvgIpc) is 4.23. The van der Waals surface area contributed by atoms with Crippen molar-refractivity contribution in [1.29, 1.82) is 0 Å². The van der Waals surface area contributed by atoms with E-state index in [0.717, 1.165) is 17.1 Å². The summed E-state index contributed by atoms with van der Waals surface area (Å²) in [7, 11) is 0. The van der Waals surface area contributed by atoms with Gasteiger partial charge < -0.3 is 4.90 Å². The highest BCUT2D eigenvalue weighted by molar-refractivity contribution is 5.87.